The summed E-state index contributed by atoms with van der Waals surface area (Å²) in [5.41, 5.74) is 12.1. The minimum atomic E-state index is -0.0300. The fourth-order valence-electron chi connectivity index (χ4n) is 4.40. The van der Waals surface area contributed by atoms with Crippen LogP contribution in [0.3, 0.4) is 0 Å². The smallest absolute Gasteiger partial charge is 0.0812 e. The van der Waals surface area contributed by atoms with Gasteiger partial charge in [-0.15, -0.1) is 0 Å². The monoisotopic (exact) mass is 404 g/mol. The van der Waals surface area contributed by atoms with Crippen molar-refractivity contribution in [2.45, 2.75) is 25.2 Å². The number of rotatable bonds is 4. The zero-order chi connectivity index (χ0) is 20.4. The predicted molar refractivity (Wildman–Crippen MR) is 121 cm³/mol. The molecule has 4 nitrogen and oxygen atoms in total. The first kappa shape index (κ1) is 19.6. The van der Waals surface area contributed by atoms with Gasteiger partial charge in [-0.2, -0.15) is 0 Å². The van der Waals surface area contributed by atoms with Crippen molar-refractivity contribution < 1.29 is 0 Å². The first-order valence-corrected chi connectivity index (χ1v) is 10.3. The largest absolute Gasteiger partial charge is 0.398 e. The summed E-state index contributed by atoms with van der Waals surface area (Å²) in [6, 6.07) is 18.6. The molecule has 29 heavy (non-hydrogen) atoms. The number of nitrogens with one attached hydrogen (secondary N) is 2. The summed E-state index contributed by atoms with van der Waals surface area (Å²) in [6.45, 7) is 3.71. The second-order valence-electron chi connectivity index (χ2n) is 7.67. The quantitative estimate of drug-likeness (QED) is 0.533. The van der Waals surface area contributed by atoms with Crippen molar-refractivity contribution in [1.29, 1.82) is 5.41 Å². The minimum Gasteiger partial charge on any atom is -0.398 e. The summed E-state index contributed by atoms with van der Waals surface area (Å²) in [5, 5.41) is 12.3. The van der Waals surface area contributed by atoms with Crippen LogP contribution < -0.4 is 11.1 Å². The van der Waals surface area contributed by atoms with E-state index in [1.807, 2.05) is 12.1 Å². The molecule has 0 bridgehead atoms. The lowest BCUT2D eigenvalue weighted by molar-refractivity contribution is 0.362. The normalized spacial score (nSPS) is 15.8. The lowest BCUT2D eigenvalue weighted by Crippen LogP contribution is -2.40. The number of hydrogen-bond acceptors (Lipinski definition) is 4. The zero-order valence-electron chi connectivity index (χ0n) is 16.5. The maximum absolute atomic E-state index is 8.09. The van der Waals surface area contributed by atoms with Crippen molar-refractivity contribution >= 4 is 23.0 Å². The molecule has 5 heteroatoms. The van der Waals surface area contributed by atoms with Crippen molar-refractivity contribution in [2.75, 3.05) is 18.8 Å². The highest BCUT2D eigenvalue weighted by Gasteiger charge is 2.35. The third kappa shape index (κ3) is 3.66. The maximum Gasteiger partial charge on any atom is 0.0812 e. The van der Waals surface area contributed by atoms with Gasteiger partial charge in [-0.25, -0.2) is 0 Å². The summed E-state index contributed by atoms with van der Waals surface area (Å²) in [6.07, 6.45) is 3.78. The maximum atomic E-state index is 8.09. The van der Waals surface area contributed by atoms with Crippen molar-refractivity contribution in [2.24, 2.45) is 0 Å². The van der Waals surface area contributed by atoms with Crippen LogP contribution in [0.4, 0.5) is 5.69 Å². The number of piperidine rings is 1. The fourth-order valence-corrected chi connectivity index (χ4v) is 4.53. The van der Waals surface area contributed by atoms with Crippen molar-refractivity contribution in [3.63, 3.8) is 0 Å². The summed E-state index contributed by atoms with van der Waals surface area (Å²) >= 11 is 6.14. The van der Waals surface area contributed by atoms with E-state index in [1.54, 1.807) is 19.2 Å². The Bertz CT molecular complexity index is 1020. The molecular weight excluding hydrogens is 380 g/mol. The van der Waals surface area contributed by atoms with Crippen LogP contribution >= 0.6 is 11.6 Å². The van der Waals surface area contributed by atoms with E-state index in [9.17, 15) is 0 Å². The molecule has 1 aliphatic heterocycles. The van der Waals surface area contributed by atoms with E-state index in [4.69, 9.17) is 22.7 Å². The number of anilines is 1. The van der Waals surface area contributed by atoms with E-state index < -0.39 is 0 Å². The van der Waals surface area contributed by atoms with Gasteiger partial charge in [0.05, 0.1) is 5.69 Å². The molecule has 1 fully saturated rings. The van der Waals surface area contributed by atoms with Crippen LogP contribution in [0.15, 0.2) is 60.8 Å². The average molecular weight is 405 g/mol. The molecule has 1 saturated heterocycles. The highest BCUT2D eigenvalue weighted by atomic mass is 35.5. The van der Waals surface area contributed by atoms with Gasteiger partial charge in [-0.05, 0) is 62.2 Å². The van der Waals surface area contributed by atoms with Gasteiger partial charge in [0.2, 0.25) is 0 Å². The molecule has 148 valence electrons. The Kier molecular flexibility index (Phi) is 5.39. The summed E-state index contributed by atoms with van der Waals surface area (Å²) in [5.74, 6) is 0. The van der Waals surface area contributed by atoms with Crippen molar-refractivity contribution in [3.8, 4) is 11.3 Å². The molecule has 2 aromatic carbocycles. The van der Waals surface area contributed by atoms with Crippen LogP contribution in [0.5, 0.6) is 0 Å². The van der Waals surface area contributed by atoms with Crippen LogP contribution in [0, 0.1) is 5.41 Å². The van der Waals surface area contributed by atoms with Gasteiger partial charge in [0.25, 0.3) is 0 Å². The van der Waals surface area contributed by atoms with E-state index in [-0.39, 0.29) is 5.41 Å². The van der Waals surface area contributed by atoms with Crippen molar-refractivity contribution in [3.05, 3.63) is 82.5 Å². The van der Waals surface area contributed by atoms with Gasteiger partial charge < -0.3 is 16.5 Å². The molecule has 4 N–H and O–H groups in total. The summed E-state index contributed by atoms with van der Waals surface area (Å²) in [4.78, 5) is 4.51. The number of nitrogens with two attached hydrogens (primary N) is 1. The topological polar surface area (TPSA) is 74.8 Å². The number of pyridine rings is 1. The molecule has 1 aliphatic rings. The van der Waals surface area contributed by atoms with Gasteiger partial charge in [0.15, 0.2) is 0 Å². The molecule has 0 atom stereocenters. The lowest BCUT2D eigenvalue weighted by atomic mass is 9.68. The highest BCUT2D eigenvalue weighted by Crippen LogP contribution is 2.41. The molecule has 3 aromatic rings. The first-order valence-electron chi connectivity index (χ1n) is 9.89. The van der Waals surface area contributed by atoms with Crippen LogP contribution in [-0.4, -0.2) is 23.8 Å². The third-order valence-electron chi connectivity index (χ3n) is 5.92. The second kappa shape index (κ2) is 7.97. The van der Waals surface area contributed by atoms with Gasteiger partial charge in [0, 0.05) is 39.2 Å². The molecule has 0 radical (unpaired) electrons. The Morgan fingerprint density at radius 1 is 1.00 bits per heavy atom. The second-order valence-corrected chi connectivity index (χ2v) is 8.10. The Balaban J connectivity index is 1.77. The lowest BCUT2D eigenvalue weighted by Gasteiger charge is -2.39. The number of nitrogen functional groups attached to an aromatic ring is 1. The standard InChI is InChI=1S/C24H25ClN4/c1-16(26)22-21(27)10-13-29-23(22)17-2-4-18(5-3-17)24(11-14-28-15-12-24)19-6-8-20(25)9-7-19/h2-10,13,26,28H,11-12,14-15H2,1H3,(H2,27,29). The van der Waals surface area contributed by atoms with E-state index in [0.29, 0.717) is 17.0 Å². The van der Waals surface area contributed by atoms with Crippen LogP contribution in [-0.2, 0) is 5.41 Å². The molecule has 0 spiro atoms. The zero-order valence-corrected chi connectivity index (χ0v) is 17.3. The minimum absolute atomic E-state index is 0.0300. The number of halogens is 1. The Morgan fingerprint density at radius 2 is 1.59 bits per heavy atom. The van der Waals surface area contributed by atoms with E-state index >= 15 is 0 Å². The third-order valence-corrected chi connectivity index (χ3v) is 6.18. The highest BCUT2D eigenvalue weighted by molar-refractivity contribution is 6.30. The molecule has 1 aromatic heterocycles. The van der Waals surface area contributed by atoms with Gasteiger partial charge >= 0.3 is 0 Å². The molecule has 0 unspecified atom stereocenters. The number of nitrogens with zero attached hydrogens (tertiary/aromatic N) is 1. The Hall–Kier alpha value is -2.69. The van der Waals surface area contributed by atoms with E-state index in [2.05, 4.69) is 46.7 Å². The molecule has 0 saturated carbocycles. The van der Waals surface area contributed by atoms with Crippen LogP contribution in [0.25, 0.3) is 11.3 Å². The van der Waals surface area contributed by atoms with E-state index in [0.717, 1.165) is 42.2 Å². The Morgan fingerprint density at radius 3 is 2.17 bits per heavy atom. The van der Waals surface area contributed by atoms with Crippen LogP contribution in [0.2, 0.25) is 5.02 Å². The van der Waals surface area contributed by atoms with Gasteiger partial charge in [0.1, 0.15) is 0 Å². The Labute approximate surface area is 176 Å². The number of hydrogen-bond donors (Lipinski definition) is 3. The number of aromatic nitrogens is 1. The van der Waals surface area contributed by atoms with E-state index in [1.165, 1.54) is 11.1 Å². The van der Waals surface area contributed by atoms with Gasteiger partial charge in [-0.1, -0.05) is 48.0 Å². The molecule has 0 amide bonds. The fraction of sp³-hybridized carbons (Fsp3) is 0.250. The summed E-state index contributed by atoms with van der Waals surface area (Å²) in [7, 11) is 0. The predicted octanol–water partition coefficient (Wildman–Crippen LogP) is 5.04. The molecule has 4 rings (SSSR count). The van der Waals surface area contributed by atoms with Crippen molar-refractivity contribution in [1.82, 2.24) is 10.3 Å². The summed E-state index contributed by atoms with van der Waals surface area (Å²) < 4.78 is 0. The van der Waals surface area contributed by atoms with Gasteiger partial charge in [-0.3, -0.25) is 4.98 Å². The van der Waals surface area contributed by atoms with Crippen LogP contribution in [0.1, 0.15) is 36.5 Å². The SMILES string of the molecule is CC(=N)c1c(N)ccnc1-c1ccc(C2(c3ccc(Cl)cc3)CCNCC2)cc1. The average Bonchev–Trinajstić information content (AvgIpc) is 2.74. The molecular formula is C24H25ClN4. The number of benzene rings is 2. The first-order chi connectivity index (χ1) is 14.0. The molecule has 0 aliphatic carbocycles. The molecule has 2 heterocycles.